The van der Waals surface area contributed by atoms with Crippen molar-refractivity contribution in [3.63, 3.8) is 0 Å². The molecule has 2 rings (SSSR count). The SMILES string of the molecule is O=C(NCC1(O)CCC1)c1cc(Br)sc1Br. The van der Waals surface area contributed by atoms with Crippen LogP contribution in [0.15, 0.2) is 13.6 Å². The number of amides is 1. The van der Waals surface area contributed by atoms with Crippen LogP contribution in [0.3, 0.4) is 0 Å². The van der Waals surface area contributed by atoms with E-state index in [2.05, 4.69) is 37.2 Å². The first kappa shape index (κ1) is 12.5. The molecular formula is C10H11Br2NO2S. The molecule has 1 amide bonds. The second-order valence-electron chi connectivity index (χ2n) is 4.00. The van der Waals surface area contributed by atoms with Gasteiger partial charge in [-0.25, -0.2) is 0 Å². The largest absolute Gasteiger partial charge is 0.388 e. The van der Waals surface area contributed by atoms with Crippen LogP contribution in [0.4, 0.5) is 0 Å². The van der Waals surface area contributed by atoms with Crippen LogP contribution in [0.2, 0.25) is 0 Å². The molecule has 1 aliphatic carbocycles. The van der Waals surface area contributed by atoms with Gasteiger partial charge in [0.1, 0.15) is 0 Å². The van der Waals surface area contributed by atoms with Crippen molar-refractivity contribution < 1.29 is 9.90 Å². The third-order valence-corrected chi connectivity index (χ3v) is 5.10. The van der Waals surface area contributed by atoms with Crippen LogP contribution < -0.4 is 5.32 Å². The van der Waals surface area contributed by atoms with E-state index in [9.17, 15) is 9.90 Å². The molecule has 0 atom stereocenters. The number of carbonyl (C=O) groups excluding carboxylic acids is 1. The minimum absolute atomic E-state index is 0.144. The Labute approximate surface area is 114 Å². The molecule has 6 heteroatoms. The van der Waals surface area contributed by atoms with Gasteiger partial charge in [0, 0.05) is 6.54 Å². The molecule has 3 nitrogen and oxygen atoms in total. The maximum absolute atomic E-state index is 11.8. The topological polar surface area (TPSA) is 49.3 Å². The molecule has 0 aromatic carbocycles. The molecule has 1 saturated carbocycles. The number of rotatable bonds is 3. The molecule has 1 fully saturated rings. The number of carbonyl (C=O) groups is 1. The Morgan fingerprint density at radius 1 is 1.56 bits per heavy atom. The van der Waals surface area contributed by atoms with E-state index in [4.69, 9.17) is 0 Å². The number of nitrogens with one attached hydrogen (secondary N) is 1. The average molecular weight is 369 g/mol. The molecule has 88 valence electrons. The molecule has 2 N–H and O–H groups in total. The summed E-state index contributed by atoms with van der Waals surface area (Å²) >= 11 is 8.12. The molecule has 1 aromatic rings. The number of aliphatic hydroxyl groups is 1. The van der Waals surface area contributed by atoms with Crippen molar-refractivity contribution in [2.24, 2.45) is 0 Å². The van der Waals surface area contributed by atoms with E-state index in [1.54, 1.807) is 6.07 Å². The summed E-state index contributed by atoms with van der Waals surface area (Å²) in [6, 6.07) is 1.77. The molecular weight excluding hydrogens is 358 g/mol. The van der Waals surface area contributed by atoms with Gasteiger partial charge in [0.2, 0.25) is 0 Å². The zero-order valence-electron chi connectivity index (χ0n) is 8.43. The molecule has 0 unspecified atom stereocenters. The molecule has 1 aromatic heterocycles. The Kier molecular flexibility index (Phi) is 3.73. The van der Waals surface area contributed by atoms with Crippen LogP contribution in [0.1, 0.15) is 29.6 Å². The molecule has 0 radical (unpaired) electrons. The highest BCUT2D eigenvalue weighted by atomic mass is 79.9. The summed E-state index contributed by atoms with van der Waals surface area (Å²) in [5, 5.41) is 12.6. The summed E-state index contributed by atoms with van der Waals surface area (Å²) in [6.45, 7) is 0.339. The van der Waals surface area contributed by atoms with Crippen molar-refractivity contribution in [2.75, 3.05) is 6.54 Å². The number of hydrogen-bond donors (Lipinski definition) is 2. The average Bonchev–Trinajstić information content (AvgIpc) is 2.51. The van der Waals surface area contributed by atoms with Crippen molar-refractivity contribution in [3.8, 4) is 0 Å². The maximum atomic E-state index is 11.8. The number of halogens is 2. The highest BCUT2D eigenvalue weighted by Gasteiger charge is 2.34. The smallest absolute Gasteiger partial charge is 0.253 e. The predicted octanol–water partition coefficient (Wildman–Crippen LogP) is 2.92. The minimum atomic E-state index is -0.671. The summed E-state index contributed by atoms with van der Waals surface area (Å²) in [5.74, 6) is -0.144. The van der Waals surface area contributed by atoms with Gasteiger partial charge in [0.05, 0.1) is 18.7 Å². The van der Waals surface area contributed by atoms with Gasteiger partial charge in [-0.3, -0.25) is 4.79 Å². The predicted molar refractivity (Wildman–Crippen MR) is 70.9 cm³/mol. The van der Waals surface area contributed by atoms with E-state index in [-0.39, 0.29) is 5.91 Å². The highest BCUT2D eigenvalue weighted by molar-refractivity contribution is 9.12. The van der Waals surface area contributed by atoms with E-state index >= 15 is 0 Å². The standard InChI is InChI=1S/C10H11Br2NO2S/c11-7-4-6(8(12)16-7)9(14)13-5-10(15)2-1-3-10/h4,15H,1-3,5H2,(H,13,14). The maximum Gasteiger partial charge on any atom is 0.253 e. The lowest BCUT2D eigenvalue weighted by Crippen LogP contribution is -2.47. The Balaban J connectivity index is 1.95. The lowest BCUT2D eigenvalue weighted by atomic mass is 9.80. The second kappa shape index (κ2) is 4.76. The van der Waals surface area contributed by atoms with Gasteiger partial charge in [-0.1, -0.05) is 0 Å². The van der Waals surface area contributed by atoms with E-state index in [0.717, 1.165) is 26.8 Å². The van der Waals surface area contributed by atoms with E-state index < -0.39 is 5.60 Å². The van der Waals surface area contributed by atoms with E-state index in [1.165, 1.54) is 11.3 Å². The van der Waals surface area contributed by atoms with Gasteiger partial charge in [0.15, 0.2) is 0 Å². The van der Waals surface area contributed by atoms with E-state index in [1.807, 2.05) is 0 Å². The van der Waals surface area contributed by atoms with Crippen molar-refractivity contribution in [2.45, 2.75) is 24.9 Å². The second-order valence-corrected chi connectivity index (χ2v) is 7.75. The molecule has 0 saturated heterocycles. The van der Waals surface area contributed by atoms with Crippen LogP contribution in [-0.2, 0) is 0 Å². The van der Waals surface area contributed by atoms with Gasteiger partial charge in [-0.15, -0.1) is 11.3 Å². The fourth-order valence-corrected chi connectivity index (χ4v) is 4.39. The zero-order valence-corrected chi connectivity index (χ0v) is 12.4. The summed E-state index contributed by atoms with van der Waals surface area (Å²) in [4.78, 5) is 11.8. The normalized spacial score (nSPS) is 17.9. The fourth-order valence-electron chi connectivity index (χ4n) is 1.60. The Bertz CT molecular complexity index is 415. The molecule has 0 spiro atoms. The van der Waals surface area contributed by atoms with Gasteiger partial charge in [0.25, 0.3) is 5.91 Å². The lowest BCUT2D eigenvalue weighted by Gasteiger charge is -2.36. The first-order chi connectivity index (χ1) is 7.50. The van der Waals surface area contributed by atoms with Crippen molar-refractivity contribution >= 4 is 49.1 Å². The van der Waals surface area contributed by atoms with Crippen molar-refractivity contribution in [1.82, 2.24) is 5.32 Å². The van der Waals surface area contributed by atoms with Gasteiger partial charge < -0.3 is 10.4 Å². The number of hydrogen-bond acceptors (Lipinski definition) is 3. The van der Waals surface area contributed by atoms with Crippen LogP contribution >= 0.6 is 43.2 Å². The molecule has 16 heavy (non-hydrogen) atoms. The molecule has 0 bridgehead atoms. The monoisotopic (exact) mass is 367 g/mol. The summed E-state index contributed by atoms with van der Waals surface area (Å²) < 4.78 is 1.71. The molecule has 1 heterocycles. The minimum Gasteiger partial charge on any atom is -0.388 e. The first-order valence-electron chi connectivity index (χ1n) is 4.96. The van der Waals surface area contributed by atoms with Crippen LogP contribution in [0.25, 0.3) is 0 Å². The van der Waals surface area contributed by atoms with E-state index in [0.29, 0.717) is 12.1 Å². The van der Waals surface area contributed by atoms with Crippen molar-refractivity contribution in [1.29, 1.82) is 0 Å². The zero-order chi connectivity index (χ0) is 11.8. The summed E-state index contributed by atoms with van der Waals surface area (Å²) in [6.07, 6.45) is 2.60. The quantitative estimate of drug-likeness (QED) is 0.861. The third kappa shape index (κ3) is 2.67. The van der Waals surface area contributed by atoms with Crippen LogP contribution in [-0.4, -0.2) is 23.2 Å². The van der Waals surface area contributed by atoms with Crippen molar-refractivity contribution in [3.05, 3.63) is 19.2 Å². The highest BCUT2D eigenvalue weighted by Crippen LogP contribution is 2.33. The van der Waals surface area contributed by atoms with Crippen LogP contribution in [0.5, 0.6) is 0 Å². The van der Waals surface area contributed by atoms with Gasteiger partial charge in [-0.05, 0) is 57.2 Å². The fraction of sp³-hybridized carbons (Fsp3) is 0.500. The first-order valence-corrected chi connectivity index (χ1v) is 7.36. The third-order valence-electron chi connectivity index (χ3n) is 2.76. The van der Waals surface area contributed by atoms with Crippen LogP contribution in [0, 0.1) is 0 Å². The van der Waals surface area contributed by atoms with Gasteiger partial charge >= 0.3 is 0 Å². The summed E-state index contributed by atoms with van der Waals surface area (Å²) in [5.41, 5.74) is -0.0603. The lowest BCUT2D eigenvalue weighted by molar-refractivity contribution is -0.0300. The molecule has 1 aliphatic rings. The molecule has 0 aliphatic heterocycles. The van der Waals surface area contributed by atoms with Gasteiger partial charge in [-0.2, -0.15) is 0 Å². The Hall–Kier alpha value is 0.0900. The number of thiophene rings is 1. The Morgan fingerprint density at radius 3 is 2.69 bits per heavy atom. The Morgan fingerprint density at radius 2 is 2.25 bits per heavy atom. The summed E-state index contributed by atoms with van der Waals surface area (Å²) in [7, 11) is 0.